The number of halogens is 1. The third kappa shape index (κ3) is 8.68. The summed E-state index contributed by atoms with van der Waals surface area (Å²) < 4.78 is 56.8. The number of nitrogens with one attached hydrogen (secondary N) is 1. The second-order valence-corrected chi connectivity index (χ2v) is 11.9. The zero-order valence-corrected chi connectivity index (χ0v) is 24.4. The number of imide groups is 1. The molecule has 1 saturated heterocycles. The lowest BCUT2D eigenvalue weighted by Gasteiger charge is -2.22. The van der Waals surface area contributed by atoms with E-state index in [1.165, 1.54) is 6.07 Å². The Balaban J connectivity index is 1.24. The van der Waals surface area contributed by atoms with E-state index in [0.717, 1.165) is 17.3 Å². The number of carbonyl (C=O) groups excluding carboxylic acids is 2. The van der Waals surface area contributed by atoms with Crippen LogP contribution < -0.4 is 19.1 Å². The first kappa shape index (κ1) is 30.3. The van der Waals surface area contributed by atoms with Crippen LogP contribution in [0.4, 0.5) is 9.18 Å². The van der Waals surface area contributed by atoms with Crippen molar-refractivity contribution < 1.29 is 41.6 Å². The van der Waals surface area contributed by atoms with Crippen LogP contribution in [0.25, 0.3) is 0 Å². The highest BCUT2D eigenvalue weighted by Crippen LogP contribution is 2.49. The Kier molecular flexibility index (Phi) is 10.1. The van der Waals surface area contributed by atoms with Gasteiger partial charge >= 0.3 is 7.82 Å². The molecule has 1 fully saturated rings. The zero-order chi connectivity index (χ0) is 30.1. The summed E-state index contributed by atoms with van der Waals surface area (Å²) in [5.41, 5.74) is 1.05. The van der Waals surface area contributed by atoms with Crippen molar-refractivity contribution in [3.8, 4) is 17.2 Å². The van der Waals surface area contributed by atoms with Crippen molar-refractivity contribution in [2.24, 2.45) is 0 Å². The standard InChI is InChI=1S/C31H27FNO8PS/c32-27-14-8-7-13-26(27)28(20-37-23-17-15-22(16-18-23)19-29-30(34)33-31(35)43-29)38-21-39-42(36,40-24-9-3-1-4-10-24)41-25-11-5-2-6-12-25/h1-18,28-29H,19-21H2,(H,33,34,35). The Hall–Kier alpha value is -4.15. The van der Waals surface area contributed by atoms with Crippen LogP contribution in [0.3, 0.4) is 0 Å². The normalized spacial score (nSPS) is 15.5. The van der Waals surface area contributed by atoms with Crippen molar-refractivity contribution in [1.82, 2.24) is 5.32 Å². The van der Waals surface area contributed by atoms with Crippen LogP contribution in [0.1, 0.15) is 17.2 Å². The van der Waals surface area contributed by atoms with Gasteiger partial charge in [0.25, 0.3) is 5.24 Å². The quantitative estimate of drug-likeness (QED) is 0.116. The smallest absolute Gasteiger partial charge is 0.491 e. The van der Waals surface area contributed by atoms with Crippen molar-refractivity contribution in [3.63, 3.8) is 0 Å². The fourth-order valence-electron chi connectivity index (χ4n) is 4.07. The Labute approximate surface area is 251 Å². The number of ether oxygens (including phenoxy) is 2. The molecule has 0 bridgehead atoms. The molecule has 4 aromatic rings. The van der Waals surface area contributed by atoms with Gasteiger partial charge in [-0.25, -0.2) is 13.5 Å². The highest BCUT2D eigenvalue weighted by Gasteiger charge is 2.33. The number of rotatable bonds is 14. The molecule has 222 valence electrons. The molecule has 43 heavy (non-hydrogen) atoms. The summed E-state index contributed by atoms with van der Waals surface area (Å²) in [4.78, 5) is 23.3. The van der Waals surface area contributed by atoms with E-state index in [0.29, 0.717) is 12.2 Å². The van der Waals surface area contributed by atoms with E-state index in [2.05, 4.69) is 5.32 Å². The molecule has 0 aromatic heterocycles. The summed E-state index contributed by atoms with van der Waals surface area (Å²) >= 11 is 0.963. The summed E-state index contributed by atoms with van der Waals surface area (Å²) in [5, 5.41) is 1.44. The summed E-state index contributed by atoms with van der Waals surface area (Å²) in [7, 11) is -4.24. The maximum atomic E-state index is 14.8. The number of benzene rings is 4. The molecule has 1 aliphatic heterocycles. The molecule has 0 radical (unpaired) electrons. The number of hydrogen-bond donors (Lipinski definition) is 1. The largest absolute Gasteiger partial charge is 0.589 e. The highest BCUT2D eigenvalue weighted by molar-refractivity contribution is 8.15. The number of hydrogen-bond acceptors (Lipinski definition) is 9. The molecule has 4 aromatic carbocycles. The Morgan fingerprint density at radius 1 is 0.791 bits per heavy atom. The molecular formula is C31H27FNO8PS. The van der Waals surface area contributed by atoms with Gasteiger partial charge in [-0.15, -0.1) is 0 Å². The SMILES string of the molecule is O=C1NC(=O)C(Cc2ccc(OCC(OCOP(=O)(Oc3ccccc3)Oc3ccccc3)c3ccccc3F)cc2)S1. The predicted octanol–water partition coefficient (Wildman–Crippen LogP) is 7.10. The summed E-state index contributed by atoms with van der Waals surface area (Å²) in [5.74, 6) is 0.170. The Morgan fingerprint density at radius 2 is 1.40 bits per heavy atom. The molecule has 2 atom stereocenters. The minimum atomic E-state index is -4.24. The average Bonchev–Trinajstić information content (AvgIpc) is 3.32. The second kappa shape index (κ2) is 14.3. The lowest BCUT2D eigenvalue weighted by atomic mass is 10.1. The van der Waals surface area contributed by atoms with E-state index in [9.17, 15) is 18.5 Å². The van der Waals surface area contributed by atoms with Crippen LogP contribution in [0.15, 0.2) is 109 Å². The lowest BCUT2D eigenvalue weighted by Crippen LogP contribution is -2.25. The van der Waals surface area contributed by atoms with Crippen LogP contribution in [0.2, 0.25) is 0 Å². The van der Waals surface area contributed by atoms with Crippen molar-refractivity contribution in [3.05, 3.63) is 126 Å². The van der Waals surface area contributed by atoms with E-state index >= 15 is 0 Å². The summed E-state index contributed by atoms with van der Waals surface area (Å²) in [6, 6.07) is 29.9. The topological polar surface area (TPSA) is 109 Å². The molecule has 1 N–H and O–H groups in total. The molecule has 9 nitrogen and oxygen atoms in total. The predicted molar refractivity (Wildman–Crippen MR) is 158 cm³/mol. The van der Waals surface area contributed by atoms with Gasteiger partial charge in [-0.2, -0.15) is 0 Å². The molecular weight excluding hydrogens is 596 g/mol. The first-order valence-corrected chi connectivity index (χ1v) is 15.5. The number of thioether (sulfide) groups is 1. The fraction of sp³-hybridized carbons (Fsp3) is 0.161. The minimum absolute atomic E-state index is 0.109. The van der Waals surface area contributed by atoms with E-state index in [1.807, 2.05) is 0 Å². The number of phosphoric acid groups is 1. The van der Waals surface area contributed by atoms with E-state index in [4.69, 9.17) is 23.0 Å². The molecule has 1 aliphatic rings. The number of para-hydroxylation sites is 2. The van der Waals surface area contributed by atoms with Crippen molar-refractivity contribution in [2.75, 3.05) is 13.4 Å². The molecule has 5 rings (SSSR count). The molecule has 0 spiro atoms. The summed E-state index contributed by atoms with van der Waals surface area (Å²) in [6.45, 7) is -0.680. The molecule has 2 amide bonds. The number of amides is 2. The van der Waals surface area contributed by atoms with Crippen LogP contribution in [0.5, 0.6) is 17.2 Å². The lowest BCUT2D eigenvalue weighted by molar-refractivity contribution is -0.118. The van der Waals surface area contributed by atoms with Gasteiger partial charge in [0.1, 0.15) is 35.8 Å². The Morgan fingerprint density at radius 3 is 1.98 bits per heavy atom. The molecule has 2 unspecified atom stereocenters. The van der Waals surface area contributed by atoms with E-state index in [1.54, 1.807) is 103 Å². The van der Waals surface area contributed by atoms with Gasteiger partial charge in [0, 0.05) is 5.56 Å². The molecule has 0 saturated carbocycles. The van der Waals surface area contributed by atoms with Crippen molar-refractivity contribution in [2.45, 2.75) is 17.8 Å². The van der Waals surface area contributed by atoms with Crippen LogP contribution in [-0.4, -0.2) is 29.8 Å². The van der Waals surface area contributed by atoms with Crippen molar-refractivity contribution >= 4 is 30.7 Å². The fourth-order valence-corrected chi connectivity index (χ4v) is 6.02. The first-order chi connectivity index (χ1) is 20.9. The maximum Gasteiger partial charge on any atom is 0.589 e. The van der Waals surface area contributed by atoms with Crippen LogP contribution in [0, 0.1) is 5.82 Å². The van der Waals surface area contributed by atoms with Crippen LogP contribution >= 0.6 is 19.6 Å². The molecule has 1 heterocycles. The van der Waals surface area contributed by atoms with Gasteiger partial charge in [0.2, 0.25) is 5.91 Å². The highest BCUT2D eigenvalue weighted by atomic mass is 32.2. The third-order valence-corrected chi connectivity index (χ3v) is 8.44. The minimum Gasteiger partial charge on any atom is -0.491 e. The number of phosphoric ester groups is 1. The molecule has 12 heteroatoms. The molecule has 0 aliphatic carbocycles. The van der Waals surface area contributed by atoms with Gasteiger partial charge in [0.05, 0.1) is 5.25 Å². The van der Waals surface area contributed by atoms with Gasteiger partial charge < -0.3 is 18.5 Å². The second-order valence-electron chi connectivity index (χ2n) is 9.22. The maximum absolute atomic E-state index is 14.8. The van der Waals surface area contributed by atoms with Crippen LogP contribution in [-0.2, 0) is 25.0 Å². The zero-order valence-electron chi connectivity index (χ0n) is 22.7. The third-order valence-electron chi connectivity index (χ3n) is 6.17. The Bertz CT molecular complexity index is 1530. The van der Waals surface area contributed by atoms with Gasteiger partial charge in [-0.05, 0) is 54.4 Å². The summed E-state index contributed by atoms with van der Waals surface area (Å²) in [6.07, 6.45) is -0.566. The number of carbonyl (C=O) groups is 2. The van der Waals surface area contributed by atoms with E-state index in [-0.39, 0.29) is 34.8 Å². The van der Waals surface area contributed by atoms with Gasteiger partial charge in [0.15, 0.2) is 6.79 Å². The average molecular weight is 624 g/mol. The van der Waals surface area contributed by atoms with Gasteiger partial charge in [-0.3, -0.25) is 14.9 Å². The van der Waals surface area contributed by atoms with Gasteiger partial charge in [-0.1, -0.05) is 78.5 Å². The van der Waals surface area contributed by atoms with E-state index < -0.39 is 31.8 Å². The monoisotopic (exact) mass is 623 g/mol. The van der Waals surface area contributed by atoms with Crippen molar-refractivity contribution in [1.29, 1.82) is 0 Å². The first-order valence-electron chi connectivity index (χ1n) is 13.2.